The Morgan fingerprint density at radius 2 is 2.06 bits per heavy atom. The fourth-order valence-electron chi connectivity index (χ4n) is 1.45. The van der Waals surface area contributed by atoms with Gasteiger partial charge in [-0.15, -0.1) is 11.8 Å². The van der Waals surface area contributed by atoms with Crippen molar-refractivity contribution in [3.63, 3.8) is 0 Å². The lowest BCUT2D eigenvalue weighted by molar-refractivity contribution is 0.506. The molecule has 1 rings (SSSR count). The van der Waals surface area contributed by atoms with E-state index in [0.29, 0.717) is 17.1 Å². The highest BCUT2D eigenvalue weighted by Gasteiger charge is 2.09. The smallest absolute Gasteiger partial charge is 0.159 e. The number of nitriles is 1. The molecule has 1 aromatic carbocycles. The van der Waals surface area contributed by atoms with Crippen molar-refractivity contribution in [2.24, 2.45) is 0 Å². The van der Waals surface area contributed by atoms with Gasteiger partial charge in [-0.3, -0.25) is 5.32 Å². The van der Waals surface area contributed by atoms with Gasteiger partial charge in [0.15, 0.2) is 11.6 Å². The van der Waals surface area contributed by atoms with Crippen LogP contribution in [0.25, 0.3) is 0 Å². The first kappa shape index (κ1) is 14.9. The van der Waals surface area contributed by atoms with E-state index in [1.54, 1.807) is 6.07 Å². The Kier molecular flexibility index (Phi) is 6.10. The number of benzene rings is 1. The van der Waals surface area contributed by atoms with Crippen molar-refractivity contribution < 1.29 is 8.78 Å². The van der Waals surface area contributed by atoms with Crippen LogP contribution in [0, 0.1) is 23.0 Å². The lowest BCUT2D eigenvalue weighted by Crippen LogP contribution is -2.33. The van der Waals surface area contributed by atoms with Crippen LogP contribution in [0.3, 0.4) is 0 Å². The zero-order valence-electron chi connectivity index (χ0n) is 10.4. The highest BCUT2D eigenvalue weighted by molar-refractivity contribution is 7.99. The highest BCUT2D eigenvalue weighted by Crippen LogP contribution is 2.21. The molecule has 0 aliphatic rings. The van der Waals surface area contributed by atoms with Gasteiger partial charge in [0.25, 0.3) is 0 Å². The molecule has 0 heterocycles. The molecule has 0 fully saturated rings. The number of halogens is 2. The molecule has 5 heteroatoms. The average Bonchev–Trinajstić information content (AvgIpc) is 2.32. The summed E-state index contributed by atoms with van der Waals surface area (Å²) in [5.41, 5.74) is 0. The molecule has 0 aromatic heterocycles. The van der Waals surface area contributed by atoms with Crippen LogP contribution < -0.4 is 5.32 Å². The minimum absolute atomic E-state index is 0.206. The first-order valence-corrected chi connectivity index (χ1v) is 6.75. The predicted octanol–water partition coefficient (Wildman–Crippen LogP) is 3.34. The van der Waals surface area contributed by atoms with Gasteiger partial charge in [-0.2, -0.15) is 5.26 Å². The molecule has 0 bridgehead atoms. The number of nitrogens with one attached hydrogen (secondary N) is 1. The molecule has 1 N–H and O–H groups in total. The fourth-order valence-corrected chi connectivity index (χ4v) is 2.39. The van der Waals surface area contributed by atoms with Gasteiger partial charge >= 0.3 is 0 Å². The van der Waals surface area contributed by atoms with E-state index < -0.39 is 11.6 Å². The second-order valence-electron chi connectivity index (χ2n) is 4.22. The SMILES string of the molecule is CC(C)NC(C#N)CCSc1ccc(F)c(F)c1. The van der Waals surface area contributed by atoms with Gasteiger partial charge in [0.05, 0.1) is 12.1 Å². The lowest BCUT2D eigenvalue weighted by atomic mass is 10.2. The first-order chi connectivity index (χ1) is 8.52. The number of hydrogen-bond donors (Lipinski definition) is 1. The second-order valence-corrected chi connectivity index (χ2v) is 5.38. The topological polar surface area (TPSA) is 35.8 Å². The molecule has 0 aliphatic carbocycles. The second kappa shape index (κ2) is 7.34. The third kappa shape index (κ3) is 5.03. The number of nitrogens with zero attached hydrogens (tertiary/aromatic N) is 1. The molecule has 0 radical (unpaired) electrons. The molecule has 0 amide bonds. The fraction of sp³-hybridized carbons (Fsp3) is 0.462. The molecule has 18 heavy (non-hydrogen) atoms. The van der Waals surface area contributed by atoms with E-state index in [1.165, 1.54) is 17.8 Å². The molecule has 1 atom stereocenters. The minimum atomic E-state index is -0.837. The molecule has 0 spiro atoms. The highest BCUT2D eigenvalue weighted by atomic mass is 32.2. The summed E-state index contributed by atoms with van der Waals surface area (Å²) < 4.78 is 25.7. The predicted molar refractivity (Wildman–Crippen MR) is 69.4 cm³/mol. The molecular formula is C13H16F2N2S. The van der Waals surface area contributed by atoms with Gasteiger partial charge in [-0.1, -0.05) is 0 Å². The quantitative estimate of drug-likeness (QED) is 0.805. The largest absolute Gasteiger partial charge is 0.300 e. The Labute approximate surface area is 110 Å². The molecule has 0 saturated heterocycles. The van der Waals surface area contributed by atoms with Gasteiger partial charge in [-0.25, -0.2) is 8.78 Å². The molecule has 1 aromatic rings. The van der Waals surface area contributed by atoms with Crippen molar-refractivity contribution >= 4 is 11.8 Å². The average molecular weight is 270 g/mol. The monoisotopic (exact) mass is 270 g/mol. The summed E-state index contributed by atoms with van der Waals surface area (Å²) >= 11 is 1.42. The molecule has 1 unspecified atom stereocenters. The molecule has 98 valence electrons. The van der Waals surface area contributed by atoms with Crippen molar-refractivity contribution in [3.05, 3.63) is 29.8 Å². The molecule has 0 aliphatic heterocycles. The Morgan fingerprint density at radius 1 is 1.33 bits per heavy atom. The van der Waals surface area contributed by atoms with Crippen LogP contribution in [0.15, 0.2) is 23.1 Å². The summed E-state index contributed by atoms with van der Waals surface area (Å²) in [6.45, 7) is 3.96. The van der Waals surface area contributed by atoms with Crippen LogP contribution in [0.5, 0.6) is 0 Å². The zero-order valence-corrected chi connectivity index (χ0v) is 11.2. The maximum absolute atomic E-state index is 13.0. The Bertz CT molecular complexity index is 429. The van der Waals surface area contributed by atoms with Crippen LogP contribution in [0.4, 0.5) is 8.78 Å². The Balaban J connectivity index is 2.41. The molecule has 2 nitrogen and oxygen atoms in total. The first-order valence-electron chi connectivity index (χ1n) is 5.76. The summed E-state index contributed by atoms with van der Waals surface area (Å²) in [6.07, 6.45) is 0.665. The van der Waals surface area contributed by atoms with Gasteiger partial charge in [-0.05, 0) is 38.5 Å². The molecular weight excluding hydrogens is 254 g/mol. The summed E-state index contributed by atoms with van der Waals surface area (Å²) in [5, 5.41) is 12.0. The van der Waals surface area contributed by atoms with Crippen molar-refractivity contribution in [2.45, 2.75) is 37.2 Å². The van der Waals surface area contributed by atoms with E-state index >= 15 is 0 Å². The summed E-state index contributed by atoms with van der Waals surface area (Å²) in [4.78, 5) is 0.676. The van der Waals surface area contributed by atoms with E-state index in [1.807, 2.05) is 13.8 Å². The van der Waals surface area contributed by atoms with Crippen molar-refractivity contribution in [3.8, 4) is 6.07 Å². The molecule has 0 saturated carbocycles. The number of rotatable bonds is 6. The Hall–Kier alpha value is -1.12. The van der Waals surface area contributed by atoms with Crippen LogP contribution >= 0.6 is 11.8 Å². The van der Waals surface area contributed by atoms with Gasteiger partial charge < -0.3 is 0 Å². The van der Waals surface area contributed by atoms with Crippen molar-refractivity contribution in [1.82, 2.24) is 5.32 Å². The van der Waals surface area contributed by atoms with Gasteiger partial charge in [0.1, 0.15) is 0 Å². The van der Waals surface area contributed by atoms with E-state index in [9.17, 15) is 8.78 Å². The maximum atomic E-state index is 13.0. The third-order valence-corrected chi connectivity index (χ3v) is 3.28. The summed E-state index contributed by atoms with van der Waals surface area (Å²) in [5.74, 6) is -0.990. The standard InChI is InChI=1S/C13H16F2N2S/c1-9(2)17-10(8-16)5-6-18-11-3-4-12(14)13(15)7-11/h3-4,7,9-10,17H,5-6H2,1-2H3. The van der Waals surface area contributed by atoms with Gasteiger partial charge in [0, 0.05) is 16.7 Å². The van der Waals surface area contributed by atoms with E-state index in [2.05, 4.69) is 11.4 Å². The summed E-state index contributed by atoms with van der Waals surface area (Å²) in [6, 6.07) is 6.07. The maximum Gasteiger partial charge on any atom is 0.159 e. The van der Waals surface area contributed by atoms with Crippen LogP contribution in [-0.2, 0) is 0 Å². The van der Waals surface area contributed by atoms with Crippen LogP contribution in [-0.4, -0.2) is 17.8 Å². The van der Waals surface area contributed by atoms with E-state index in [-0.39, 0.29) is 12.1 Å². The van der Waals surface area contributed by atoms with Crippen molar-refractivity contribution in [1.29, 1.82) is 5.26 Å². The third-order valence-electron chi connectivity index (χ3n) is 2.26. The van der Waals surface area contributed by atoms with Crippen LogP contribution in [0.1, 0.15) is 20.3 Å². The van der Waals surface area contributed by atoms with Crippen LogP contribution in [0.2, 0.25) is 0 Å². The summed E-state index contributed by atoms with van der Waals surface area (Å²) in [7, 11) is 0. The Morgan fingerprint density at radius 3 is 2.61 bits per heavy atom. The number of thioether (sulfide) groups is 1. The van der Waals surface area contributed by atoms with Gasteiger partial charge in [0.2, 0.25) is 0 Å². The normalized spacial score (nSPS) is 12.4. The van der Waals surface area contributed by atoms with E-state index in [4.69, 9.17) is 5.26 Å². The lowest BCUT2D eigenvalue weighted by Gasteiger charge is -2.13. The zero-order chi connectivity index (χ0) is 13.5. The van der Waals surface area contributed by atoms with Crippen molar-refractivity contribution in [2.75, 3.05) is 5.75 Å². The minimum Gasteiger partial charge on any atom is -0.300 e. The number of hydrogen-bond acceptors (Lipinski definition) is 3. The van der Waals surface area contributed by atoms with E-state index in [0.717, 1.165) is 6.07 Å².